The third-order valence-electron chi connectivity index (χ3n) is 3.89. The number of hydrogen-bond acceptors (Lipinski definition) is 3. The van der Waals surface area contributed by atoms with Gasteiger partial charge in [0.15, 0.2) is 0 Å². The van der Waals surface area contributed by atoms with Gasteiger partial charge in [-0.05, 0) is 19.3 Å². The van der Waals surface area contributed by atoms with E-state index in [4.69, 9.17) is 4.74 Å². The van der Waals surface area contributed by atoms with Gasteiger partial charge < -0.3 is 9.47 Å². The first-order chi connectivity index (χ1) is 6.45. The Kier molecular flexibility index (Phi) is 3.83. The maximum Gasteiger partial charge on any atom is 0.508 e. The minimum Gasteiger partial charge on any atom is -0.438 e. The van der Waals surface area contributed by atoms with Crippen molar-refractivity contribution in [2.75, 3.05) is 7.11 Å². The molecule has 15 heavy (non-hydrogen) atoms. The summed E-state index contributed by atoms with van der Waals surface area (Å²) in [6, 6.07) is 0. The molecule has 0 heterocycles. The lowest BCUT2D eigenvalue weighted by atomic mass is 9.61. The van der Waals surface area contributed by atoms with Crippen LogP contribution in [0.4, 0.5) is 4.79 Å². The molecule has 0 bridgehead atoms. The Morgan fingerprint density at radius 1 is 0.933 bits per heavy atom. The second-order valence-corrected chi connectivity index (χ2v) is 5.94. The first kappa shape index (κ1) is 14.3. The van der Waals surface area contributed by atoms with Gasteiger partial charge in [0.05, 0.1) is 7.11 Å². The van der Waals surface area contributed by atoms with Crippen molar-refractivity contribution in [3.8, 4) is 0 Å². The van der Waals surface area contributed by atoms with E-state index >= 15 is 0 Å². The van der Waals surface area contributed by atoms with Crippen LogP contribution in [0.3, 0.4) is 0 Å². The third-order valence-corrected chi connectivity index (χ3v) is 3.89. The number of methoxy groups -OCH3 is 1. The molecule has 0 N–H and O–H groups in total. The molecule has 0 aromatic heterocycles. The third kappa shape index (κ3) is 2.86. The Balaban J connectivity index is 4.93. The van der Waals surface area contributed by atoms with E-state index < -0.39 is 11.8 Å². The molecule has 0 saturated heterocycles. The van der Waals surface area contributed by atoms with E-state index in [0.717, 1.165) is 0 Å². The predicted octanol–water partition coefficient (Wildman–Crippen LogP) is 3.62. The highest BCUT2D eigenvalue weighted by Crippen LogP contribution is 2.47. The molecule has 90 valence electrons. The van der Waals surface area contributed by atoms with E-state index in [1.807, 2.05) is 13.8 Å². The number of carbonyl (C=O) groups excluding carboxylic acids is 1. The molecule has 0 atom stereocenters. The Hall–Kier alpha value is -0.730. The molecule has 3 nitrogen and oxygen atoms in total. The van der Waals surface area contributed by atoms with Crippen LogP contribution in [0.1, 0.15) is 48.5 Å². The smallest absolute Gasteiger partial charge is 0.438 e. The summed E-state index contributed by atoms with van der Waals surface area (Å²) in [5.41, 5.74) is -0.697. The molecule has 0 radical (unpaired) electrons. The summed E-state index contributed by atoms with van der Waals surface area (Å²) in [7, 11) is 1.32. The molecule has 0 unspecified atom stereocenters. The van der Waals surface area contributed by atoms with Gasteiger partial charge in [0, 0.05) is 5.41 Å². The van der Waals surface area contributed by atoms with Crippen molar-refractivity contribution < 1.29 is 14.3 Å². The standard InChI is InChI=1S/C12H24O3/c1-10(2,3)11(4,5)12(6,7)15-9(13)14-8/h1-8H3. The van der Waals surface area contributed by atoms with Crippen molar-refractivity contribution in [2.24, 2.45) is 10.8 Å². The topological polar surface area (TPSA) is 35.5 Å². The van der Waals surface area contributed by atoms with Gasteiger partial charge in [0.2, 0.25) is 0 Å². The quantitative estimate of drug-likeness (QED) is 0.661. The second-order valence-electron chi connectivity index (χ2n) is 5.94. The fourth-order valence-corrected chi connectivity index (χ4v) is 1.28. The monoisotopic (exact) mass is 216 g/mol. The minimum atomic E-state index is -0.627. The van der Waals surface area contributed by atoms with Gasteiger partial charge in [-0.1, -0.05) is 34.6 Å². The van der Waals surface area contributed by atoms with Crippen molar-refractivity contribution in [3.63, 3.8) is 0 Å². The Labute approximate surface area is 93.1 Å². The summed E-state index contributed by atoms with van der Waals surface area (Å²) in [6.07, 6.45) is -0.627. The fourth-order valence-electron chi connectivity index (χ4n) is 1.28. The van der Waals surface area contributed by atoms with Crippen LogP contribution in [0.15, 0.2) is 0 Å². The molecular formula is C12H24O3. The molecule has 0 fully saturated rings. The molecule has 0 aromatic rings. The first-order valence-electron chi connectivity index (χ1n) is 5.22. The lowest BCUT2D eigenvalue weighted by molar-refractivity contribution is -0.116. The molecule has 0 aliphatic rings. The number of ether oxygens (including phenoxy) is 2. The summed E-state index contributed by atoms with van der Waals surface area (Å²) in [6.45, 7) is 14.4. The van der Waals surface area contributed by atoms with Gasteiger partial charge in [-0.25, -0.2) is 4.79 Å². The zero-order valence-corrected chi connectivity index (χ0v) is 11.2. The molecule has 0 aromatic carbocycles. The van der Waals surface area contributed by atoms with E-state index in [1.165, 1.54) is 7.11 Å². The Bertz CT molecular complexity index is 234. The highest BCUT2D eigenvalue weighted by Gasteiger charge is 2.48. The molecule has 0 amide bonds. The molecule has 0 aliphatic carbocycles. The second kappa shape index (κ2) is 4.03. The summed E-state index contributed by atoms with van der Waals surface area (Å²) < 4.78 is 9.85. The van der Waals surface area contributed by atoms with E-state index in [1.54, 1.807) is 0 Å². The molecule has 3 heteroatoms. The molecule has 0 saturated carbocycles. The largest absolute Gasteiger partial charge is 0.508 e. The number of hydrogen-bond donors (Lipinski definition) is 0. The highest BCUT2D eigenvalue weighted by atomic mass is 16.7. The summed E-state index contributed by atoms with van der Waals surface area (Å²) in [5, 5.41) is 0. The van der Waals surface area contributed by atoms with Crippen LogP contribution in [-0.4, -0.2) is 18.9 Å². The van der Waals surface area contributed by atoms with Crippen LogP contribution in [0.2, 0.25) is 0 Å². The van der Waals surface area contributed by atoms with Crippen LogP contribution in [0.5, 0.6) is 0 Å². The SMILES string of the molecule is COC(=O)OC(C)(C)C(C)(C)C(C)(C)C. The lowest BCUT2D eigenvalue weighted by Gasteiger charge is -2.49. The summed E-state index contributed by atoms with van der Waals surface area (Å²) in [4.78, 5) is 11.2. The van der Waals surface area contributed by atoms with Crippen LogP contribution < -0.4 is 0 Å². The van der Waals surface area contributed by atoms with E-state index in [-0.39, 0.29) is 10.8 Å². The van der Waals surface area contributed by atoms with Gasteiger partial charge in [0.25, 0.3) is 0 Å². The van der Waals surface area contributed by atoms with Crippen molar-refractivity contribution in [1.29, 1.82) is 0 Å². The molecule has 0 rings (SSSR count). The van der Waals surface area contributed by atoms with Gasteiger partial charge >= 0.3 is 6.16 Å². The van der Waals surface area contributed by atoms with Crippen molar-refractivity contribution in [1.82, 2.24) is 0 Å². The van der Waals surface area contributed by atoms with Crippen LogP contribution in [0.25, 0.3) is 0 Å². The van der Waals surface area contributed by atoms with Crippen molar-refractivity contribution >= 4 is 6.16 Å². The zero-order chi connectivity index (χ0) is 12.5. The van der Waals surface area contributed by atoms with Crippen LogP contribution in [-0.2, 0) is 9.47 Å². The maximum absolute atomic E-state index is 11.2. The maximum atomic E-state index is 11.2. The van der Waals surface area contributed by atoms with E-state index in [9.17, 15) is 4.79 Å². The highest BCUT2D eigenvalue weighted by molar-refractivity contribution is 5.60. The average molecular weight is 216 g/mol. The molecular weight excluding hydrogens is 192 g/mol. The molecule has 0 aliphatic heterocycles. The first-order valence-corrected chi connectivity index (χ1v) is 5.22. The van der Waals surface area contributed by atoms with Crippen LogP contribution in [0, 0.1) is 10.8 Å². The van der Waals surface area contributed by atoms with Crippen LogP contribution >= 0.6 is 0 Å². The van der Waals surface area contributed by atoms with E-state index in [0.29, 0.717) is 0 Å². The predicted molar refractivity (Wildman–Crippen MR) is 60.8 cm³/mol. The van der Waals surface area contributed by atoms with Gasteiger partial charge in [-0.3, -0.25) is 0 Å². The zero-order valence-electron chi connectivity index (χ0n) is 11.2. The number of carbonyl (C=O) groups is 1. The summed E-state index contributed by atoms with van der Waals surface area (Å²) in [5.74, 6) is 0. The fraction of sp³-hybridized carbons (Fsp3) is 0.917. The van der Waals surface area contributed by atoms with E-state index in [2.05, 4.69) is 39.4 Å². The summed E-state index contributed by atoms with van der Waals surface area (Å²) >= 11 is 0. The van der Waals surface area contributed by atoms with Gasteiger partial charge in [-0.2, -0.15) is 0 Å². The number of rotatable bonds is 2. The minimum absolute atomic E-state index is 0.0323. The van der Waals surface area contributed by atoms with Gasteiger partial charge in [-0.15, -0.1) is 0 Å². The Morgan fingerprint density at radius 3 is 1.60 bits per heavy atom. The molecule has 0 spiro atoms. The average Bonchev–Trinajstić information content (AvgIpc) is 2.00. The van der Waals surface area contributed by atoms with Gasteiger partial charge in [0.1, 0.15) is 5.60 Å². The lowest BCUT2D eigenvalue weighted by Crippen LogP contribution is -2.50. The normalized spacial score (nSPS) is 13.6. The van der Waals surface area contributed by atoms with Crippen molar-refractivity contribution in [3.05, 3.63) is 0 Å². The Morgan fingerprint density at radius 2 is 1.33 bits per heavy atom. The van der Waals surface area contributed by atoms with Crippen molar-refractivity contribution in [2.45, 2.75) is 54.1 Å².